The minimum absolute atomic E-state index is 0.269. The lowest BCUT2D eigenvalue weighted by molar-refractivity contribution is 0.602. The van der Waals surface area contributed by atoms with Crippen LogP contribution in [0.25, 0.3) is 0 Å². The predicted molar refractivity (Wildman–Crippen MR) is 69.9 cm³/mol. The maximum absolute atomic E-state index is 11.3. The zero-order valence-corrected chi connectivity index (χ0v) is 11.0. The number of benzene rings is 1. The van der Waals surface area contributed by atoms with Crippen molar-refractivity contribution in [1.29, 1.82) is 0 Å². The van der Waals surface area contributed by atoms with Crippen LogP contribution in [0.2, 0.25) is 5.15 Å². The van der Waals surface area contributed by atoms with Crippen LogP contribution in [0.5, 0.6) is 0 Å². The van der Waals surface area contributed by atoms with Crippen molar-refractivity contribution in [2.45, 2.75) is 4.90 Å². The first-order valence-electron chi connectivity index (χ1n) is 5.00. The van der Waals surface area contributed by atoms with E-state index in [1.54, 1.807) is 12.1 Å². The van der Waals surface area contributed by atoms with Gasteiger partial charge >= 0.3 is 0 Å². The molecule has 0 bridgehead atoms. The second kappa shape index (κ2) is 4.91. The first kappa shape index (κ1) is 12.8. The summed E-state index contributed by atoms with van der Waals surface area (Å²) in [6.45, 7) is 0. The van der Waals surface area contributed by atoms with Gasteiger partial charge in [0.1, 0.15) is 5.15 Å². The largest absolute Gasteiger partial charge is 0.339 e. The lowest BCUT2D eigenvalue weighted by atomic mass is 10.3. The zero-order chi connectivity index (χ0) is 13.2. The molecular formula is C11H10ClN3O2S. The summed E-state index contributed by atoms with van der Waals surface area (Å²) in [6.07, 6.45) is 4.12. The van der Waals surface area contributed by atoms with Crippen LogP contribution in [-0.4, -0.2) is 24.6 Å². The van der Waals surface area contributed by atoms with Crippen LogP contribution in [0.4, 0.5) is 11.5 Å². The van der Waals surface area contributed by atoms with E-state index in [1.807, 2.05) is 0 Å². The summed E-state index contributed by atoms with van der Waals surface area (Å²) in [5.74, 6) is 0.495. The number of rotatable bonds is 3. The average Bonchev–Trinajstić information content (AvgIpc) is 2.28. The molecular weight excluding hydrogens is 274 g/mol. The number of anilines is 2. The van der Waals surface area contributed by atoms with Crippen LogP contribution in [0.3, 0.4) is 0 Å². The van der Waals surface area contributed by atoms with Crippen molar-refractivity contribution in [3.8, 4) is 0 Å². The van der Waals surface area contributed by atoms with Crippen molar-refractivity contribution >= 4 is 32.9 Å². The van der Waals surface area contributed by atoms with Gasteiger partial charge in [-0.1, -0.05) is 11.6 Å². The highest BCUT2D eigenvalue weighted by Crippen LogP contribution is 2.18. The SMILES string of the molecule is CS(=O)(=O)c1ccc(Nc2cncc(Cl)n2)cc1. The molecule has 2 aromatic rings. The van der Waals surface area contributed by atoms with E-state index in [1.165, 1.54) is 24.5 Å². The van der Waals surface area contributed by atoms with Gasteiger partial charge in [-0.25, -0.2) is 13.4 Å². The molecule has 0 aliphatic heterocycles. The lowest BCUT2D eigenvalue weighted by Crippen LogP contribution is -1.98. The average molecular weight is 284 g/mol. The van der Waals surface area contributed by atoms with Crippen molar-refractivity contribution < 1.29 is 8.42 Å². The molecule has 1 N–H and O–H groups in total. The summed E-state index contributed by atoms with van der Waals surface area (Å²) < 4.78 is 22.6. The molecule has 1 aromatic heterocycles. The van der Waals surface area contributed by atoms with Gasteiger partial charge in [0.2, 0.25) is 0 Å². The van der Waals surface area contributed by atoms with Crippen molar-refractivity contribution in [2.75, 3.05) is 11.6 Å². The van der Waals surface area contributed by atoms with Gasteiger partial charge in [0.15, 0.2) is 15.7 Å². The molecule has 18 heavy (non-hydrogen) atoms. The van der Waals surface area contributed by atoms with E-state index in [9.17, 15) is 8.42 Å². The van der Waals surface area contributed by atoms with E-state index in [-0.39, 0.29) is 10.0 Å². The van der Waals surface area contributed by atoms with Gasteiger partial charge in [0.05, 0.1) is 17.3 Å². The third-order valence-corrected chi connectivity index (χ3v) is 3.47. The van der Waals surface area contributed by atoms with Gasteiger partial charge in [0, 0.05) is 11.9 Å². The Morgan fingerprint density at radius 1 is 1.17 bits per heavy atom. The molecule has 7 heteroatoms. The standard InChI is InChI=1S/C11H10ClN3O2S/c1-18(16,17)9-4-2-8(3-5-9)14-11-7-13-6-10(12)15-11/h2-7H,1H3,(H,14,15). The van der Waals surface area contributed by atoms with E-state index in [0.29, 0.717) is 11.5 Å². The highest BCUT2D eigenvalue weighted by Gasteiger charge is 2.06. The smallest absolute Gasteiger partial charge is 0.175 e. The minimum Gasteiger partial charge on any atom is -0.339 e. The number of hydrogen-bond donors (Lipinski definition) is 1. The fourth-order valence-corrected chi connectivity index (χ4v) is 2.11. The van der Waals surface area contributed by atoms with Crippen LogP contribution in [-0.2, 0) is 9.84 Å². The Morgan fingerprint density at radius 2 is 1.83 bits per heavy atom. The summed E-state index contributed by atoms with van der Waals surface area (Å²) in [5.41, 5.74) is 0.707. The highest BCUT2D eigenvalue weighted by atomic mass is 35.5. The lowest BCUT2D eigenvalue weighted by Gasteiger charge is -2.05. The highest BCUT2D eigenvalue weighted by molar-refractivity contribution is 7.90. The Bertz CT molecular complexity index is 656. The number of sulfone groups is 1. The maximum Gasteiger partial charge on any atom is 0.175 e. The molecule has 1 aromatic carbocycles. The molecule has 0 unspecified atom stereocenters. The zero-order valence-electron chi connectivity index (χ0n) is 9.46. The predicted octanol–water partition coefficient (Wildman–Crippen LogP) is 2.28. The molecule has 0 fully saturated rings. The normalized spacial score (nSPS) is 11.2. The fourth-order valence-electron chi connectivity index (χ4n) is 1.34. The second-order valence-corrected chi connectivity index (χ2v) is 6.05. The fraction of sp³-hybridized carbons (Fsp3) is 0.0909. The van der Waals surface area contributed by atoms with Gasteiger partial charge in [-0.15, -0.1) is 0 Å². The monoisotopic (exact) mass is 283 g/mol. The molecule has 0 saturated carbocycles. The van der Waals surface area contributed by atoms with Crippen LogP contribution >= 0.6 is 11.6 Å². The third-order valence-electron chi connectivity index (χ3n) is 2.16. The molecule has 0 aliphatic carbocycles. The Balaban J connectivity index is 2.21. The van der Waals surface area contributed by atoms with Gasteiger partial charge < -0.3 is 5.32 Å². The molecule has 2 rings (SSSR count). The molecule has 94 valence electrons. The summed E-state index contributed by atoms with van der Waals surface area (Å²) in [7, 11) is -3.18. The number of halogens is 1. The van der Waals surface area contributed by atoms with Crippen molar-refractivity contribution in [3.63, 3.8) is 0 Å². The molecule has 0 saturated heterocycles. The maximum atomic E-state index is 11.3. The van der Waals surface area contributed by atoms with Crippen molar-refractivity contribution in [3.05, 3.63) is 41.8 Å². The Morgan fingerprint density at radius 3 is 2.39 bits per heavy atom. The van der Waals surface area contributed by atoms with E-state index >= 15 is 0 Å². The molecule has 5 nitrogen and oxygen atoms in total. The molecule has 1 heterocycles. The van der Waals surface area contributed by atoms with Crippen molar-refractivity contribution in [1.82, 2.24) is 9.97 Å². The first-order chi connectivity index (χ1) is 8.45. The summed E-state index contributed by atoms with van der Waals surface area (Å²) in [5, 5.41) is 3.26. The van der Waals surface area contributed by atoms with E-state index in [4.69, 9.17) is 11.6 Å². The molecule has 0 atom stereocenters. The summed E-state index contributed by atoms with van der Waals surface area (Å²) >= 11 is 5.70. The quantitative estimate of drug-likeness (QED) is 0.935. The van der Waals surface area contributed by atoms with Crippen LogP contribution < -0.4 is 5.32 Å². The van der Waals surface area contributed by atoms with Gasteiger partial charge in [-0.3, -0.25) is 4.98 Å². The summed E-state index contributed by atoms with van der Waals surface area (Å²) in [6, 6.07) is 6.35. The number of hydrogen-bond acceptors (Lipinski definition) is 5. The Kier molecular flexibility index (Phi) is 3.49. The molecule has 0 radical (unpaired) electrons. The van der Waals surface area contributed by atoms with Crippen LogP contribution in [0.15, 0.2) is 41.6 Å². The van der Waals surface area contributed by atoms with Crippen molar-refractivity contribution in [2.24, 2.45) is 0 Å². The van der Waals surface area contributed by atoms with E-state index in [0.717, 1.165) is 6.26 Å². The van der Waals surface area contributed by atoms with Gasteiger partial charge in [-0.05, 0) is 24.3 Å². The number of nitrogens with zero attached hydrogens (tertiary/aromatic N) is 2. The van der Waals surface area contributed by atoms with Gasteiger partial charge in [-0.2, -0.15) is 0 Å². The van der Waals surface area contributed by atoms with Crippen LogP contribution in [0.1, 0.15) is 0 Å². The van der Waals surface area contributed by atoms with Gasteiger partial charge in [0.25, 0.3) is 0 Å². The molecule has 0 amide bonds. The first-order valence-corrected chi connectivity index (χ1v) is 7.27. The Labute approximate surface area is 110 Å². The second-order valence-electron chi connectivity index (χ2n) is 3.65. The third kappa shape index (κ3) is 3.18. The van der Waals surface area contributed by atoms with E-state index < -0.39 is 9.84 Å². The minimum atomic E-state index is -3.18. The molecule has 0 spiro atoms. The van der Waals surface area contributed by atoms with Crippen LogP contribution in [0, 0.1) is 0 Å². The number of aromatic nitrogens is 2. The van der Waals surface area contributed by atoms with E-state index in [2.05, 4.69) is 15.3 Å². The number of nitrogens with one attached hydrogen (secondary N) is 1. The molecule has 0 aliphatic rings. The summed E-state index contributed by atoms with van der Waals surface area (Å²) in [4.78, 5) is 8.17. The topological polar surface area (TPSA) is 72.0 Å². The Hall–Kier alpha value is -1.66.